The van der Waals surface area contributed by atoms with Crippen LogP contribution in [-0.2, 0) is 4.79 Å². The first-order valence-corrected chi connectivity index (χ1v) is 7.42. The maximum atomic E-state index is 12.0. The molecule has 1 amide bonds. The van der Waals surface area contributed by atoms with Crippen LogP contribution < -0.4 is 11.1 Å². The van der Waals surface area contributed by atoms with Crippen molar-refractivity contribution in [3.8, 4) is 0 Å². The van der Waals surface area contributed by atoms with Crippen molar-refractivity contribution in [2.45, 2.75) is 52.0 Å². The molecule has 0 spiro atoms. The number of amides is 1. The van der Waals surface area contributed by atoms with Crippen LogP contribution in [0.1, 0.15) is 46.0 Å². The Morgan fingerprint density at radius 2 is 2.06 bits per heavy atom. The second-order valence-corrected chi connectivity index (χ2v) is 5.24. The van der Waals surface area contributed by atoms with Gasteiger partial charge >= 0.3 is 0 Å². The third kappa shape index (κ3) is 4.94. The van der Waals surface area contributed by atoms with Gasteiger partial charge in [-0.2, -0.15) is 0 Å². The quantitative estimate of drug-likeness (QED) is 0.654. The highest BCUT2D eigenvalue weighted by atomic mass is 16.2. The van der Waals surface area contributed by atoms with Gasteiger partial charge in [0.1, 0.15) is 0 Å². The van der Waals surface area contributed by atoms with E-state index in [0.29, 0.717) is 13.0 Å². The molecule has 0 bridgehead atoms. The van der Waals surface area contributed by atoms with Gasteiger partial charge in [-0.25, -0.2) is 0 Å². The van der Waals surface area contributed by atoms with Gasteiger partial charge in [-0.15, -0.1) is 0 Å². The summed E-state index contributed by atoms with van der Waals surface area (Å²) >= 11 is 0. The molecule has 1 saturated carbocycles. The highest BCUT2D eigenvalue weighted by Gasteiger charge is 2.19. The Morgan fingerprint density at radius 1 is 1.39 bits per heavy atom. The Hall–Kier alpha value is -0.610. The van der Waals surface area contributed by atoms with Crippen molar-refractivity contribution in [1.82, 2.24) is 10.2 Å². The highest BCUT2D eigenvalue weighted by Crippen LogP contribution is 2.28. The first kappa shape index (κ1) is 15.4. The van der Waals surface area contributed by atoms with Gasteiger partial charge in [-0.3, -0.25) is 4.79 Å². The SMILES string of the molecule is CCN(CC)C(=O)CC(CN)NCCC1CCC1. The van der Waals surface area contributed by atoms with Crippen LogP contribution in [0.25, 0.3) is 0 Å². The van der Waals surface area contributed by atoms with Crippen LogP contribution in [-0.4, -0.2) is 43.0 Å². The Labute approximate surface area is 111 Å². The maximum absolute atomic E-state index is 12.0. The number of rotatable bonds is 9. The summed E-state index contributed by atoms with van der Waals surface area (Å²) in [6.07, 6.45) is 5.92. The zero-order chi connectivity index (χ0) is 13.4. The summed E-state index contributed by atoms with van der Waals surface area (Å²) in [6.45, 7) is 7.14. The van der Waals surface area contributed by atoms with E-state index < -0.39 is 0 Å². The molecule has 0 heterocycles. The molecule has 4 heteroatoms. The lowest BCUT2D eigenvalue weighted by atomic mass is 9.83. The van der Waals surface area contributed by atoms with Crippen LogP contribution in [0.2, 0.25) is 0 Å². The molecular weight excluding hydrogens is 226 g/mol. The lowest BCUT2D eigenvalue weighted by molar-refractivity contribution is -0.131. The number of carbonyl (C=O) groups is 1. The fourth-order valence-electron chi connectivity index (χ4n) is 2.43. The molecule has 0 saturated heterocycles. The molecule has 3 N–H and O–H groups in total. The lowest BCUT2D eigenvalue weighted by Crippen LogP contribution is -2.42. The van der Waals surface area contributed by atoms with Gasteiger partial charge in [0.05, 0.1) is 0 Å². The van der Waals surface area contributed by atoms with Crippen molar-refractivity contribution < 1.29 is 4.79 Å². The number of nitrogens with one attached hydrogen (secondary N) is 1. The molecule has 1 aliphatic carbocycles. The van der Waals surface area contributed by atoms with Gasteiger partial charge in [0.15, 0.2) is 0 Å². The Bertz CT molecular complexity index is 237. The molecule has 0 aromatic carbocycles. The minimum atomic E-state index is 0.137. The molecular formula is C14H29N3O. The van der Waals surface area contributed by atoms with Crippen LogP contribution in [0.15, 0.2) is 0 Å². The van der Waals surface area contributed by atoms with Crippen LogP contribution in [0.3, 0.4) is 0 Å². The molecule has 1 aliphatic rings. The van der Waals surface area contributed by atoms with Crippen molar-refractivity contribution in [2.75, 3.05) is 26.2 Å². The summed E-state index contributed by atoms with van der Waals surface area (Å²) < 4.78 is 0. The number of nitrogens with two attached hydrogens (primary N) is 1. The number of nitrogens with zero attached hydrogens (tertiary/aromatic N) is 1. The third-order valence-corrected chi connectivity index (χ3v) is 4.03. The number of hydrogen-bond acceptors (Lipinski definition) is 3. The molecule has 0 aromatic rings. The predicted octanol–water partition coefficient (Wildman–Crippen LogP) is 1.35. The molecule has 106 valence electrons. The fraction of sp³-hybridized carbons (Fsp3) is 0.929. The van der Waals surface area contributed by atoms with E-state index in [1.807, 2.05) is 18.7 Å². The van der Waals surface area contributed by atoms with E-state index in [2.05, 4.69) is 5.32 Å². The van der Waals surface area contributed by atoms with Crippen molar-refractivity contribution in [3.05, 3.63) is 0 Å². The lowest BCUT2D eigenvalue weighted by Gasteiger charge is -2.27. The van der Waals surface area contributed by atoms with Crippen molar-refractivity contribution in [1.29, 1.82) is 0 Å². The van der Waals surface area contributed by atoms with Gasteiger partial charge in [0.25, 0.3) is 0 Å². The monoisotopic (exact) mass is 255 g/mol. The summed E-state index contributed by atoms with van der Waals surface area (Å²) in [4.78, 5) is 13.8. The molecule has 0 aromatic heterocycles. The molecule has 1 fully saturated rings. The van der Waals surface area contributed by atoms with Crippen molar-refractivity contribution in [2.24, 2.45) is 11.7 Å². The molecule has 0 aliphatic heterocycles. The Balaban J connectivity index is 2.20. The highest BCUT2D eigenvalue weighted by molar-refractivity contribution is 5.76. The maximum Gasteiger partial charge on any atom is 0.224 e. The van der Waals surface area contributed by atoms with Gasteiger partial charge in [0, 0.05) is 32.1 Å². The van der Waals surface area contributed by atoms with E-state index in [4.69, 9.17) is 5.73 Å². The summed E-state index contributed by atoms with van der Waals surface area (Å²) in [6, 6.07) is 0.137. The van der Waals surface area contributed by atoms with Crippen LogP contribution >= 0.6 is 0 Å². The Morgan fingerprint density at radius 3 is 2.50 bits per heavy atom. The van der Waals surface area contributed by atoms with E-state index in [0.717, 1.165) is 25.6 Å². The minimum Gasteiger partial charge on any atom is -0.343 e. The first-order chi connectivity index (χ1) is 8.71. The second-order valence-electron chi connectivity index (χ2n) is 5.24. The average Bonchev–Trinajstić information content (AvgIpc) is 2.32. The first-order valence-electron chi connectivity index (χ1n) is 7.42. The summed E-state index contributed by atoms with van der Waals surface area (Å²) in [5, 5.41) is 3.43. The second kappa shape index (κ2) is 8.48. The largest absolute Gasteiger partial charge is 0.343 e. The normalized spacial score (nSPS) is 17.3. The van der Waals surface area contributed by atoms with Crippen molar-refractivity contribution in [3.63, 3.8) is 0 Å². The Kier molecular flexibility index (Phi) is 7.28. The number of carbonyl (C=O) groups excluding carboxylic acids is 1. The molecule has 1 rings (SSSR count). The average molecular weight is 255 g/mol. The zero-order valence-electron chi connectivity index (χ0n) is 12.0. The van der Waals surface area contributed by atoms with E-state index in [1.54, 1.807) is 0 Å². The molecule has 18 heavy (non-hydrogen) atoms. The van der Waals surface area contributed by atoms with Crippen molar-refractivity contribution >= 4 is 5.91 Å². The number of hydrogen-bond donors (Lipinski definition) is 2. The van der Waals surface area contributed by atoms with E-state index in [1.165, 1.54) is 25.7 Å². The molecule has 4 nitrogen and oxygen atoms in total. The van der Waals surface area contributed by atoms with Gasteiger partial charge < -0.3 is 16.0 Å². The van der Waals surface area contributed by atoms with Gasteiger partial charge in [-0.05, 0) is 32.7 Å². The smallest absolute Gasteiger partial charge is 0.224 e. The summed E-state index contributed by atoms with van der Waals surface area (Å²) in [7, 11) is 0. The van der Waals surface area contributed by atoms with Crippen LogP contribution in [0.4, 0.5) is 0 Å². The topological polar surface area (TPSA) is 58.4 Å². The molecule has 1 atom stereocenters. The minimum absolute atomic E-state index is 0.137. The fourth-order valence-corrected chi connectivity index (χ4v) is 2.43. The molecule has 1 unspecified atom stereocenters. The van der Waals surface area contributed by atoms with E-state index in [9.17, 15) is 4.79 Å². The molecule has 0 radical (unpaired) electrons. The third-order valence-electron chi connectivity index (χ3n) is 4.03. The predicted molar refractivity (Wildman–Crippen MR) is 75.3 cm³/mol. The van der Waals surface area contributed by atoms with Gasteiger partial charge in [0.2, 0.25) is 5.91 Å². The van der Waals surface area contributed by atoms with E-state index in [-0.39, 0.29) is 11.9 Å². The summed E-state index contributed by atoms with van der Waals surface area (Å²) in [5.41, 5.74) is 5.73. The van der Waals surface area contributed by atoms with Crippen LogP contribution in [0, 0.1) is 5.92 Å². The van der Waals surface area contributed by atoms with Gasteiger partial charge in [-0.1, -0.05) is 19.3 Å². The standard InChI is InChI=1S/C14H29N3O/c1-3-17(4-2)14(18)10-13(11-15)16-9-8-12-6-5-7-12/h12-13,16H,3-11,15H2,1-2H3. The zero-order valence-corrected chi connectivity index (χ0v) is 12.0. The summed E-state index contributed by atoms with van der Waals surface area (Å²) in [5.74, 6) is 1.13. The van der Waals surface area contributed by atoms with E-state index >= 15 is 0 Å². The van der Waals surface area contributed by atoms with Crippen LogP contribution in [0.5, 0.6) is 0 Å².